The first-order chi connectivity index (χ1) is 7.68. The lowest BCUT2D eigenvalue weighted by Gasteiger charge is -2.20. The standard InChI is InChI=1S/C15H20O/c1-11-8-9-14(12(2)10-11)15(16)13-6-4-3-5-7-13/h6,8-10,15-16H,3-5,7H2,1-2H3. The van der Waals surface area contributed by atoms with Crippen molar-refractivity contribution in [3.05, 3.63) is 46.5 Å². The Kier molecular flexibility index (Phi) is 3.45. The molecule has 0 aromatic heterocycles. The Balaban J connectivity index is 2.26. The molecule has 86 valence electrons. The van der Waals surface area contributed by atoms with Gasteiger partial charge in [-0.3, -0.25) is 0 Å². The highest BCUT2D eigenvalue weighted by Gasteiger charge is 2.16. The number of benzene rings is 1. The lowest BCUT2D eigenvalue weighted by Crippen LogP contribution is -2.06. The van der Waals surface area contributed by atoms with Crippen LogP contribution in [0, 0.1) is 13.8 Å². The summed E-state index contributed by atoms with van der Waals surface area (Å²) in [7, 11) is 0. The molecule has 0 bridgehead atoms. The van der Waals surface area contributed by atoms with Crippen molar-refractivity contribution in [3.63, 3.8) is 0 Å². The Morgan fingerprint density at radius 3 is 2.62 bits per heavy atom. The first kappa shape index (κ1) is 11.4. The van der Waals surface area contributed by atoms with Crippen LogP contribution in [0.5, 0.6) is 0 Å². The highest BCUT2D eigenvalue weighted by atomic mass is 16.3. The van der Waals surface area contributed by atoms with Crippen LogP contribution in [0.2, 0.25) is 0 Å². The predicted octanol–water partition coefficient (Wildman–Crippen LogP) is 3.84. The zero-order chi connectivity index (χ0) is 11.5. The third-order valence-electron chi connectivity index (χ3n) is 3.40. The summed E-state index contributed by atoms with van der Waals surface area (Å²) in [6, 6.07) is 6.28. The van der Waals surface area contributed by atoms with Gasteiger partial charge in [0.2, 0.25) is 0 Å². The second-order valence-corrected chi connectivity index (χ2v) is 4.79. The molecule has 1 N–H and O–H groups in total. The molecule has 0 radical (unpaired) electrons. The van der Waals surface area contributed by atoms with E-state index in [4.69, 9.17) is 0 Å². The fourth-order valence-electron chi connectivity index (χ4n) is 2.44. The molecule has 1 nitrogen and oxygen atoms in total. The van der Waals surface area contributed by atoms with Crippen molar-refractivity contribution >= 4 is 0 Å². The summed E-state index contributed by atoms with van der Waals surface area (Å²) >= 11 is 0. The maximum atomic E-state index is 10.3. The minimum atomic E-state index is -0.388. The van der Waals surface area contributed by atoms with Gasteiger partial charge in [0.1, 0.15) is 6.10 Å². The van der Waals surface area contributed by atoms with Crippen LogP contribution in [0.25, 0.3) is 0 Å². The molecule has 0 saturated carbocycles. The monoisotopic (exact) mass is 216 g/mol. The van der Waals surface area contributed by atoms with E-state index in [-0.39, 0.29) is 6.10 Å². The minimum Gasteiger partial charge on any atom is -0.384 e. The quantitative estimate of drug-likeness (QED) is 0.745. The normalized spacial score (nSPS) is 18.1. The second-order valence-electron chi connectivity index (χ2n) is 4.79. The SMILES string of the molecule is Cc1ccc(C(O)C2=CCCCC2)c(C)c1. The summed E-state index contributed by atoms with van der Waals surface area (Å²) in [6.45, 7) is 4.16. The summed E-state index contributed by atoms with van der Waals surface area (Å²) in [6.07, 6.45) is 6.48. The van der Waals surface area contributed by atoms with Gasteiger partial charge in [-0.25, -0.2) is 0 Å². The smallest absolute Gasteiger partial charge is 0.100 e. The molecule has 0 amide bonds. The Morgan fingerprint density at radius 1 is 1.19 bits per heavy atom. The molecule has 1 unspecified atom stereocenters. The van der Waals surface area contributed by atoms with Crippen molar-refractivity contribution < 1.29 is 5.11 Å². The first-order valence-electron chi connectivity index (χ1n) is 6.12. The zero-order valence-corrected chi connectivity index (χ0v) is 10.2. The Hall–Kier alpha value is -1.08. The predicted molar refractivity (Wildman–Crippen MR) is 67.4 cm³/mol. The fourth-order valence-corrected chi connectivity index (χ4v) is 2.44. The number of hydrogen-bond acceptors (Lipinski definition) is 1. The fraction of sp³-hybridized carbons (Fsp3) is 0.467. The van der Waals surface area contributed by atoms with E-state index in [1.54, 1.807) is 0 Å². The van der Waals surface area contributed by atoms with Gasteiger partial charge in [0.15, 0.2) is 0 Å². The van der Waals surface area contributed by atoms with Crippen molar-refractivity contribution in [2.75, 3.05) is 0 Å². The Labute approximate surface area is 97.8 Å². The van der Waals surface area contributed by atoms with E-state index < -0.39 is 0 Å². The summed E-state index contributed by atoms with van der Waals surface area (Å²) in [5.74, 6) is 0. The average Bonchev–Trinajstić information content (AvgIpc) is 2.29. The van der Waals surface area contributed by atoms with Gasteiger partial charge < -0.3 is 5.11 Å². The summed E-state index contributed by atoms with van der Waals surface area (Å²) in [4.78, 5) is 0. The van der Waals surface area contributed by atoms with Gasteiger partial charge in [0.25, 0.3) is 0 Å². The van der Waals surface area contributed by atoms with Crippen molar-refractivity contribution in [2.45, 2.75) is 45.6 Å². The van der Waals surface area contributed by atoms with Gasteiger partial charge in [-0.2, -0.15) is 0 Å². The third-order valence-corrected chi connectivity index (χ3v) is 3.40. The van der Waals surface area contributed by atoms with Crippen molar-refractivity contribution in [1.82, 2.24) is 0 Å². The van der Waals surface area contributed by atoms with E-state index in [1.165, 1.54) is 29.5 Å². The van der Waals surface area contributed by atoms with E-state index in [9.17, 15) is 5.11 Å². The summed E-state index contributed by atoms with van der Waals surface area (Å²) in [5.41, 5.74) is 4.72. The summed E-state index contributed by atoms with van der Waals surface area (Å²) < 4.78 is 0. The van der Waals surface area contributed by atoms with Gasteiger partial charge >= 0.3 is 0 Å². The molecule has 1 aliphatic rings. The third kappa shape index (κ3) is 2.35. The van der Waals surface area contributed by atoms with Crippen molar-refractivity contribution in [2.24, 2.45) is 0 Å². The number of aryl methyl sites for hydroxylation is 2. The molecule has 0 spiro atoms. The van der Waals surface area contributed by atoms with E-state index in [2.05, 4.69) is 38.1 Å². The minimum absolute atomic E-state index is 0.388. The number of hydrogen-bond donors (Lipinski definition) is 1. The molecule has 1 atom stereocenters. The molecular formula is C15H20O. The molecule has 0 heterocycles. The molecule has 1 aromatic rings. The topological polar surface area (TPSA) is 20.2 Å². The van der Waals surface area contributed by atoms with Gasteiger partial charge in [0.05, 0.1) is 0 Å². The van der Waals surface area contributed by atoms with E-state index in [0.717, 1.165) is 18.4 Å². The lowest BCUT2D eigenvalue weighted by molar-refractivity contribution is 0.207. The van der Waals surface area contributed by atoms with Gasteiger partial charge in [-0.05, 0) is 56.2 Å². The summed E-state index contributed by atoms with van der Waals surface area (Å²) in [5, 5.41) is 10.3. The molecule has 0 fully saturated rings. The lowest BCUT2D eigenvalue weighted by atomic mass is 9.89. The average molecular weight is 216 g/mol. The van der Waals surface area contributed by atoms with E-state index in [1.807, 2.05) is 0 Å². The van der Waals surface area contributed by atoms with Crippen LogP contribution in [-0.4, -0.2) is 5.11 Å². The van der Waals surface area contributed by atoms with Crippen LogP contribution in [0.1, 0.15) is 48.5 Å². The van der Waals surface area contributed by atoms with Gasteiger partial charge in [-0.1, -0.05) is 29.8 Å². The van der Waals surface area contributed by atoms with Crippen LogP contribution in [0.3, 0.4) is 0 Å². The van der Waals surface area contributed by atoms with Crippen LogP contribution in [-0.2, 0) is 0 Å². The number of rotatable bonds is 2. The van der Waals surface area contributed by atoms with Crippen molar-refractivity contribution in [3.8, 4) is 0 Å². The van der Waals surface area contributed by atoms with E-state index in [0.29, 0.717) is 0 Å². The second kappa shape index (κ2) is 4.84. The molecule has 1 aliphatic carbocycles. The van der Waals surface area contributed by atoms with Gasteiger partial charge in [-0.15, -0.1) is 0 Å². The zero-order valence-electron chi connectivity index (χ0n) is 10.2. The first-order valence-corrected chi connectivity index (χ1v) is 6.12. The van der Waals surface area contributed by atoms with Crippen LogP contribution in [0.4, 0.5) is 0 Å². The largest absolute Gasteiger partial charge is 0.384 e. The molecule has 1 aromatic carbocycles. The molecule has 16 heavy (non-hydrogen) atoms. The molecule has 1 heteroatoms. The maximum Gasteiger partial charge on any atom is 0.100 e. The van der Waals surface area contributed by atoms with Gasteiger partial charge in [0, 0.05) is 0 Å². The number of allylic oxidation sites excluding steroid dienone is 1. The molecule has 2 rings (SSSR count). The van der Waals surface area contributed by atoms with E-state index >= 15 is 0 Å². The molecular weight excluding hydrogens is 196 g/mol. The van der Waals surface area contributed by atoms with Crippen molar-refractivity contribution in [1.29, 1.82) is 0 Å². The molecule has 0 aliphatic heterocycles. The van der Waals surface area contributed by atoms with Crippen LogP contribution >= 0.6 is 0 Å². The highest BCUT2D eigenvalue weighted by Crippen LogP contribution is 2.31. The Bertz CT molecular complexity index is 404. The Morgan fingerprint density at radius 2 is 2.00 bits per heavy atom. The van der Waals surface area contributed by atoms with Crippen LogP contribution < -0.4 is 0 Å². The molecule has 0 saturated heterocycles. The maximum absolute atomic E-state index is 10.3. The number of aliphatic hydroxyl groups is 1. The van der Waals surface area contributed by atoms with Crippen LogP contribution in [0.15, 0.2) is 29.8 Å². The highest BCUT2D eigenvalue weighted by molar-refractivity contribution is 5.36. The number of aliphatic hydroxyl groups excluding tert-OH is 1.